The van der Waals surface area contributed by atoms with Crippen molar-refractivity contribution in [1.29, 1.82) is 0 Å². The van der Waals surface area contributed by atoms with Gasteiger partial charge in [-0.3, -0.25) is 35.3 Å². The normalized spacial score (nSPS) is 19.8. The molecule has 0 fully saturated rings. The molecule has 3 N–H and O–H groups in total. The first-order valence-electron chi connectivity index (χ1n) is 18.5. The van der Waals surface area contributed by atoms with Crippen molar-refractivity contribution in [3.8, 4) is 0 Å². The predicted octanol–water partition coefficient (Wildman–Crippen LogP) is 7.16. The van der Waals surface area contributed by atoms with Gasteiger partial charge in [0.05, 0.1) is 60.5 Å². The average molecular weight is 796 g/mol. The largest absolute Gasteiger partial charge is 0.478 e. The number of hydrogen-bond acceptors (Lipinski definition) is 9. The fraction of sp³-hybridized carbons (Fsp3) is 0.0444. The highest BCUT2D eigenvalue weighted by Crippen LogP contribution is 2.41. The Bertz CT molecular complexity index is 3130. The third kappa shape index (κ3) is 6.41. The highest BCUT2D eigenvalue weighted by atomic mass is 16.6. The molecule has 0 saturated carbocycles. The van der Waals surface area contributed by atoms with E-state index in [0.29, 0.717) is 67.1 Å². The fourth-order valence-corrected chi connectivity index (χ4v) is 8.04. The molecule has 292 valence electrons. The summed E-state index contributed by atoms with van der Waals surface area (Å²) in [6, 6.07) is 31.5. The van der Waals surface area contributed by atoms with Gasteiger partial charge in [0.25, 0.3) is 17.1 Å². The number of nitrogens with one attached hydrogen (secondary N) is 2. The van der Waals surface area contributed by atoms with Crippen molar-refractivity contribution in [2.24, 2.45) is 9.98 Å². The molecule has 2 atom stereocenters. The Morgan fingerprint density at radius 3 is 1.85 bits per heavy atom. The summed E-state index contributed by atoms with van der Waals surface area (Å²) in [5, 5.41) is 48.2. The summed E-state index contributed by atoms with van der Waals surface area (Å²) >= 11 is 0. The van der Waals surface area contributed by atoms with Crippen LogP contribution in [0.25, 0.3) is 16.7 Å². The summed E-state index contributed by atoms with van der Waals surface area (Å²) in [7, 11) is 0. The molecule has 15 heteroatoms. The number of rotatable bonds is 8. The Balaban J connectivity index is 1.42. The molecular formula is C45H29N7O8. The molecule has 0 amide bonds. The van der Waals surface area contributed by atoms with Gasteiger partial charge in [-0.25, -0.2) is 9.79 Å². The lowest BCUT2D eigenvalue weighted by molar-refractivity contribution is -0.385. The quantitative estimate of drug-likeness (QED) is 0.106. The second-order valence-corrected chi connectivity index (χ2v) is 14.0. The molecule has 8 bridgehead atoms. The maximum absolute atomic E-state index is 12.5. The fourth-order valence-electron chi connectivity index (χ4n) is 8.04. The van der Waals surface area contributed by atoms with Crippen LogP contribution in [0, 0.1) is 30.3 Å². The number of benzene rings is 4. The molecule has 9 rings (SSSR count). The Morgan fingerprint density at radius 1 is 0.600 bits per heavy atom. The van der Waals surface area contributed by atoms with Gasteiger partial charge in [-0.1, -0.05) is 60.7 Å². The highest BCUT2D eigenvalue weighted by Gasteiger charge is 2.34. The van der Waals surface area contributed by atoms with E-state index in [4.69, 9.17) is 9.98 Å². The van der Waals surface area contributed by atoms with Crippen LogP contribution >= 0.6 is 0 Å². The summed E-state index contributed by atoms with van der Waals surface area (Å²) < 4.78 is 0. The van der Waals surface area contributed by atoms with Gasteiger partial charge in [0.1, 0.15) is 0 Å². The standard InChI is InChI=1S/C45H29N7O8/c53-45(54)26-15-13-25(14-16-26)41-30-17-19-32(46-30)42(27-7-1-4-10-38(27)50(55)56)34-21-23-36(48-34)44(29-9-3-6-12-40(29)52(59)60)37-24-22-35(49-37)43(33-20-18-31(41)47-33)28-8-2-5-11-39(28)51(57)58/h1-24,32,42,47-48H,(H,53,54)/b41-31-,43-33-,44-37-. The number of aromatic carboxylic acids is 1. The van der Waals surface area contributed by atoms with Crippen LogP contribution in [0.4, 0.5) is 17.1 Å². The topological polar surface area (TPSA) is 223 Å². The molecule has 2 unspecified atom stereocenters. The Morgan fingerprint density at radius 2 is 1.20 bits per heavy atom. The van der Waals surface area contributed by atoms with Crippen molar-refractivity contribution in [2.75, 3.05) is 0 Å². The zero-order valence-corrected chi connectivity index (χ0v) is 31.1. The minimum atomic E-state index is -1.10. The summed E-state index contributed by atoms with van der Waals surface area (Å²) in [4.78, 5) is 65.1. The molecule has 0 saturated heterocycles. The molecule has 0 radical (unpaired) electrons. The van der Waals surface area contributed by atoms with Crippen LogP contribution in [0.5, 0.6) is 0 Å². The van der Waals surface area contributed by atoms with Gasteiger partial charge < -0.3 is 15.1 Å². The third-order valence-electron chi connectivity index (χ3n) is 10.7. The Kier molecular flexibility index (Phi) is 9.09. The maximum Gasteiger partial charge on any atom is 0.335 e. The number of aromatic nitrogens is 2. The summed E-state index contributed by atoms with van der Waals surface area (Å²) in [6.45, 7) is 0. The van der Waals surface area contributed by atoms with Crippen molar-refractivity contribution >= 4 is 51.2 Å². The van der Waals surface area contributed by atoms with E-state index in [1.165, 1.54) is 30.3 Å². The number of hydrogen-bond donors (Lipinski definition) is 3. The van der Waals surface area contributed by atoms with E-state index in [0.717, 1.165) is 0 Å². The zero-order chi connectivity index (χ0) is 41.7. The monoisotopic (exact) mass is 795 g/mol. The van der Waals surface area contributed by atoms with E-state index in [-0.39, 0.29) is 33.8 Å². The van der Waals surface area contributed by atoms with Crippen LogP contribution < -0.4 is 10.7 Å². The smallest absolute Gasteiger partial charge is 0.335 e. The van der Waals surface area contributed by atoms with Gasteiger partial charge in [0.15, 0.2) is 0 Å². The van der Waals surface area contributed by atoms with Crippen LogP contribution in [-0.2, 0) is 0 Å². The zero-order valence-electron chi connectivity index (χ0n) is 31.1. The molecule has 3 aliphatic rings. The maximum atomic E-state index is 12.5. The van der Waals surface area contributed by atoms with Crippen LogP contribution in [-0.4, -0.2) is 53.3 Å². The third-order valence-corrected chi connectivity index (χ3v) is 10.7. The first kappa shape index (κ1) is 37.0. The number of para-hydroxylation sites is 3. The molecule has 2 aromatic heterocycles. The lowest BCUT2D eigenvalue weighted by Gasteiger charge is -2.20. The number of fused-ring (bicyclic) bond motifs is 6. The van der Waals surface area contributed by atoms with Gasteiger partial charge in [-0.15, -0.1) is 0 Å². The summed E-state index contributed by atoms with van der Waals surface area (Å²) in [5.41, 5.74) is 4.41. The molecule has 0 spiro atoms. The van der Waals surface area contributed by atoms with Gasteiger partial charge in [-0.2, -0.15) is 0 Å². The molecule has 60 heavy (non-hydrogen) atoms. The summed E-state index contributed by atoms with van der Waals surface area (Å²) in [5.74, 6) is -1.86. The molecule has 5 heterocycles. The van der Waals surface area contributed by atoms with E-state index in [1.807, 2.05) is 6.08 Å². The Labute approximate surface area is 338 Å². The number of carboxylic acid groups (broad SMARTS) is 1. The second-order valence-electron chi connectivity index (χ2n) is 14.0. The van der Waals surface area contributed by atoms with E-state index < -0.39 is 32.7 Å². The van der Waals surface area contributed by atoms with Crippen molar-refractivity contribution in [3.05, 3.63) is 232 Å². The van der Waals surface area contributed by atoms with E-state index in [2.05, 4.69) is 9.97 Å². The number of H-pyrrole nitrogens is 2. The van der Waals surface area contributed by atoms with Crippen LogP contribution in [0.2, 0.25) is 0 Å². The van der Waals surface area contributed by atoms with Crippen LogP contribution in [0.3, 0.4) is 0 Å². The molecule has 0 aliphatic carbocycles. The number of allylic oxidation sites excluding steroid dienone is 3. The Hall–Kier alpha value is -8.59. The van der Waals surface area contributed by atoms with Crippen molar-refractivity contribution < 1.29 is 24.7 Å². The van der Waals surface area contributed by atoms with E-state index in [1.54, 1.807) is 109 Å². The first-order valence-corrected chi connectivity index (χ1v) is 18.5. The number of carbonyl (C=O) groups is 1. The number of nitro groups is 3. The minimum Gasteiger partial charge on any atom is -0.478 e. The van der Waals surface area contributed by atoms with Gasteiger partial charge in [0, 0.05) is 62.6 Å². The molecule has 15 nitrogen and oxygen atoms in total. The number of nitro benzene ring substituents is 3. The van der Waals surface area contributed by atoms with Crippen LogP contribution in [0.1, 0.15) is 49.9 Å². The van der Waals surface area contributed by atoms with Crippen molar-refractivity contribution in [3.63, 3.8) is 0 Å². The van der Waals surface area contributed by atoms with E-state index >= 15 is 0 Å². The van der Waals surface area contributed by atoms with Gasteiger partial charge in [0.2, 0.25) is 0 Å². The van der Waals surface area contributed by atoms with Gasteiger partial charge in [-0.05, 0) is 72.3 Å². The number of aliphatic imine (C=N–C) groups is 2. The molecule has 4 aromatic carbocycles. The number of nitrogens with zero attached hydrogens (tertiary/aromatic N) is 5. The number of aromatic amines is 2. The molecule has 6 aromatic rings. The minimum absolute atomic E-state index is 0.0719. The SMILES string of the molecule is O=C(O)c1ccc(/C2=c3\cc/c([nH]3)=C(\c3ccccc3[N+](=O)[O-])C3=N/C(=C(/c4ccccc4[N+](=O)[O-])c4ccc([nH]4)C(c4ccccc4[N+](=O)[O-])C4C=CC2=N4)C=C3)cc1. The molecule has 3 aliphatic heterocycles. The number of carboxylic acids is 1. The first-order chi connectivity index (χ1) is 29.1. The highest BCUT2D eigenvalue weighted by molar-refractivity contribution is 6.31. The average Bonchev–Trinajstić information content (AvgIpc) is 4.09. The lowest BCUT2D eigenvalue weighted by atomic mass is 9.88. The molecular weight excluding hydrogens is 767 g/mol. The predicted molar refractivity (Wildman–Crippen MR) is 223 cm³/mol. The van der Waals surface area contributed by atoms with Crippen LogP contribution in [0.15, 0.2) is 161 Å². The van der Waals surface area contributed by atoms with Crippen molar-refractivity contribution in [2.45, 2.75) is 12.0 Å². The summed E-state index contributed by atoms with van der Waals surface area (Å²) in [6.07, 6.45) is 7.03. The van der Waals surface area contributed by atoms with Gasteiger partial charge >= 0.3 is 5.97 Å². The lowest BCUT2D eigenvalue weighted by Crippen LogP contribution is -2.22. The second kappa shape index (κ2) is 14.7. The van der Waals surface area contributed by atoms with E-state index in [9.17, 15) is 40.2 Å². The van der Waals surface area contributed by atoms with Crippen molar-refractivity contribution in [1.82, 2.24) is 9.97 Å².